The second-order valence-corrected chi connectivity index (χ2v) is 9.07. The minimum atomic E-state index is -0.709. The summed E-state index contributed by atoms with van der Waals surface area (Å²) in [5.74, 6) is -0.279. The first-order chi connectivity index (χ1) is 15.6. The van der Waals surface area contributed by atoms with Gasteiger partial charge in [0.25, 0.3) is 0 Å². The van der Waals surface area contributed by atoms with Crippen LogP contribution in [-0.2, 0) is 31.9 Å². The van der Waals surface area contributed by atoms with Crippen LogP contribution in [0.25, 0.3) is 11.0 Å². The zero-order chi connectivity index (χ0) is 23.8. The van der Waals surface area contributed by atoms with E-state index >= 15 is 4.39 Å². The molecule has 3 aromatic rings. The van der Waals surface area contributed by atoms with E-state index in [1.54, 1.807) is 37.3 Å². The minimum Gasteiger partial charge on any atom is -0.488 e. The third kappa shape index (κ3) is 4.50. The van der Waals surface area contributed by atoms with Crippen LogP contribution in [0.1, 0.15) is 45.7 Å². The van der Waals surface area contributed by atoms with Crippen molar-refractivity contribution in [2.45, 2.75) is 58.8 Å². The SMILES string of the molecule is CCOC(=O)Cc1ccccc1OCc1cc(B2OC(C)(C)C(C)(C)O2)c2occc2c1F. The Hall–Kier alpha value is -2.84. The number of hydrogen-bond acceptors (Lipinski definition) is 6. The van der Waals surface area contributed by atoms with Crippen LogP contribution in [0.2, 0.25) is 0 Å². The van der Waals surface area contributed by atoms with Crippen molar-refractivity contribution in [1.29, 1.82) is 0 Å². The molecular weight excluding hydrogens is 426 g/mol. The van der Waals surface area contributed by atoms with Crippen LogP contribution >= 0.6 is 0 Å². The van der Waals surface area contributed by atoms with E-state index in [0.29, 0.717) is 39.9 Å². The molecule has 0 bridgehead atoms. The van der Waals surface area contributed by atoms with Crippen molar-refractivity contribution in [1.82, 2.24) is 0 Å². The Labute approximate surface area is 193 Å². The molecule has 1 fully saturated rings. The van der Waals surface area contributed by atoms with Gasteiger partial charge in [-0.15, -0.1) is 0 Å². The first kappa shape index (κ1) is 23.3. The van der Waals surface area contributed by atoms with Crippen LogP contribution in [0.5, 0.6) is 5.75 Å². The number of hydrogen-bond donors (Lipinski definition) is 0. The number of ether oxygens (including phenoxy) is 2. The fraction of sp³-hybridized carbons (Fsp3) is 0.400. The maximum Gasteiger partial charge on any atom is 0.498 e. The molecule has 1 saturated heterocycles. The van der Waals surface area contributed by atoms with Gasteiger partial charge in [0.2, 0.25) is 0 Å². The van der Waals surface area contributed by atoms with E-state index < -0.39 is 24.1 Å². The third-order valence-corrected chi connectivity index (χ3v) is 6.28. The molecule has 0 saturated carbocycles. The summed E-state index contributed by atoms with van der Waals surface area (Å²) in [5, 5.41) is 0.334. The monoisotopic (exact) mass is 454 g/mol. The molecule has 1 aliphatic heterocycles. The highest BCUT2D eigenvalue weighted by Crippen LogP contribution is 2.37. The topological polar surface area (TPSA) is 67.1 Å². The summed E-state index contributed by atoms with van der Waals surface area (Å²) >= 11 is 0. The quantitative estimate of drug-likeness (QED) is 0.385. The molecule has 0 spiro atoms. The van der Waals surface area contributed by atoms with Crippen LogP contribution in [0.4, 0.5) is 4.39 Å². The van der Waals surface area contributed by atoms with Gasteiger partial charge in [0, 0.05) is 16.6 Å². The maximum atomic E-state index is 15.3. The summed E-state index contributed by atoms with van der Waals surface area (Å²) in [5.41, 5.74) is 0.902. The summed E-state index contributed by atoms with van der Waals surface area (Å²) in [7, 11) is -0.709. The lowest BCUT2D eigenvalue weighted by Crippen LogP contribution is -2.41. The van der Waals surface area contributed by atoms with Crippen LogP contribution in [0.3, 0.4) is 0 Å². The molecule has 0 N–H and O–H groups in total. The number of carbonyl (C=O) groups excluding carboxylic acids is 1. The van der Waals surface area contributed by atoms with Gasteiger partial charge < -0.3 is 23.2 Å². The Morgan fingerprint density at radius 3 is 2.45 bits per heavy atom. The van der Waals surface area contributed by atoms with Gasteiger partial charge >= 0.3 is 13.1 Å². The molecule has 0 aliphatic carbocycles. The van der Waals surface area contributed by atoms with Gasteiger partial charge in [-0.1, -0.05) is 18.2 Å². The Kier molecular flexibility index (Phi) is 6.25. The highest BCUT2D eigenvalue weighted by atomic mass is 19.1. The average molecular weight is 454 g/mol. The lowest BCUT2D eigenvalue weighted by Gasteiger charge is -2.32. The van der Waals surface area contributed by atoms with Gasteiger partial charge in [0.15, 0.2) is 0 Å². The molecule has 0 atom stereocenters. The number of rotatable bonds is 7. The van der Waals surface area contributed by atoms with E-state index in [1.165, 1.54) is 6.26 Å². The summed E-state index contributed by atoms with van der Waals surface area (Å²) in [6.07, 6.45) is 1.52. The molecular formula is C25H28BFO6. The van der Waals surface area contributed by atoms with Crippen molar-refractivity contribution in [2.24, 2.45) is 0 Å². The molecule has 0 amide bonds. The molecule has 1 aliphatic rings. The zero-order valence-electron chi connectivity index (χ0n) is 19.6. The molecule has 33 heavy (non-hydrogen) atoms. The Morgan fingerprint density at radius 1 is 1.06 bits per heavy atom. The molecule has 0 radical (unpaired) electrons. The number of esters is 1. The minimum absolute atomic E-state index is 0.0424. The fourth-order valence-corrected chi connectivity index (χ4v) is 3.76. The maximum absolute atomic E-state index is 15.3. The summed E-state index contributed by atoms with van der Waals surface area (Å²) in [6, 6.07) is 10.4. The Morgan fingerprint density at radius 2 is 1.76 bits per heavy atom. The van der Waals surface area contributed by atoms with E-state index in [0.717, 1.165) is 0 Å². The van der Waals surface area contributed by atoms with Crippen LogP contribution in [0, 0.1) is 5.82 Å². The van der Waals surface area contributed by atoms with Crippen molar-refractivity contribution < 1.29 is 32.4 Å². The lowest BCUT2D eigenvalue weighted by atomic mass is 9.77. The van der Waals surface area contributed by atoms with Crippen LogP contribution < -0.4 is 10.2 Å². The number of fused-ring (bicyclic) bond motifs is 1. The average Bonchev–Trinajstić information content (AvgIpc) is 3.31. The van der Waals surface area contributed by atoms with Gasteiger partial charge in [0.05, 0.1) is 35.9 Å². The number of halogens is 1. The van der Waals surface area contributed by atoms with E-state index in [-0.39, 0.29) is 19.0 Å². The van der Waals surface area contributed by atoms with E-state index in [9.17, 15) is 4.79 Å². The third-order valence-electron chi connectivity index (χ3n) is 6.28. The zero-order valence-corrected chi connectivity index (χ0v) is 19.6. The van der Waals surface area contributed by atoms with Gasteiger partial charge in [-0.05, 0) is 52.8 Å². The second-order valence-electron chi connectivity index (χ2n) is 9.07. The summed E-state index contributed by atoms with van der Waals surface area (Å²) in [4.78, 5) is 11.9. The van der Waals surface area contributed by atoms with Crippen molar-refractivity contribution in [3.63, 3.8) is 0 Å². The molecule has 1 aromatic heterocycles. The molecule has 6 nitrogen and oxygen atoms in total. The predicted octanol–water partition coefficient (Wildman–Crippen LogP) is 4.56. The van der Waals surface area contributed by atoms with Crippen molar-refractivity contribution in [3.05, 3.63) is 59.6 Å². The summed E-state index contributed by atoms with van der Waals surface area (Å²) < 4.78 is 44.2. The van der Waals surface area contributed by atoms with E-state index in [4.69, 9.17) is 23.2 Å². The number of para-hydroxylation sites is 1. The fourth-order valence-electron chi connectivity index (χ4n) is 3.76. The van der Waals surface area contributed by atoms with Gasteiger partial charge in [-0.3, -0.25) is 4.79 Å². The van der Waals surface area contributed by atoms with Gasteiger partial charge in [-0.25, -0.2) is 4.39 Å². The van der Waals surface area contributed by atoms with E-state index in [2.05, 4.69) is 0 Å². The standard InChI is InChI=1S/C25H28BFO6/c1-6-29-21(28)14-16-9-7-8-10-20(16)31-15-17-13-19(23-18(22(17)27)11-12-30-23)26-32-24(2,3)25(4,5)33-26/h7-13H,6,14-15H2,1-5H3. The molecule has 8 heteroatoms. The lowest BCUT2D eigenvalue weighted by molar-refractivity contribution is -0.142. The number of carbonyl (C=O) groups is 1. The predicted molar refractivity (Wildman–Crippen MR) is 123 cm³/mol. The van der Waals surface area contributed by atoms with Crippen molar-refractivity contribution in [3.8, 4) is 5.75 Å². The first-order valence-electron chi connectivity index (χ1n) is 11.0. The highest BCUT2D eigenvalue weighted by molar-refractivity contribution is 6.64. The van der Waals surface area contributed by atoms with Crippen molar-refractivity contribution >= 4 is 29.5 Å². The largest absolute Gasteiger partial charge is 0.498 e. The number of benzene rings is 2. The summed E-state index contributed by atoms with van der Waals surface area (Å²) in [6.45, 7) is 9.85. The normalized spacial score (nSPS) is 16.8. The second kappa shape index (κ2) is 8.84. The first-order valence-corrected chi connectivity index (χ1v) is 11.0. The van der Waals surface area contributed by atoms with Crippen molar-refractivity contribution in [2.75, 3.05) is 6.61 Å². The van der Waals surface area contributed by atoms with E-state index in [1.807, 2.05) is 33.8 Å². The molecule has 2 aromatic carbocycles. The Bertz CT molecular complexity index is 1150. The number of furan rings is 1. The van der Waals surface area contributed by atoms with Gasteiger partial charge in [0.1, 0.15) is 23.8 Å². The smallest absolute Gasteiger partial charge is 0.488 e. The molecule has 0 unspecified atom stereocenters. The molecule has 2 heterocycles. The van der Waals surface area contributed by atoms with Crippen LogP contribution in [0.15, 0.2) is 47.1 Å². The Balaban J connectivity index is 1.63. The molecule has 174 valence electrons. The highest BCUT2D eigenvalue weighted by Gasteiger charge is 2.52. The van der Waals surface area contributed by atoms with Crippen LogP contribution in [-0.4, -0.2) is 30.9 Å². The van der Waals surface area contributed by atoms with Gasteiger partial charge in [-0.2, -0.15) is 0 Å². The molecule has 4 rings (SSSR count).